The number of carbonyl (C=O) groups is 1. The van der Waals surface area contributed by atoms with E-state index in [1.165, 1.54) is 19.3 Å². The maximum Gasteiger partial charge on any atom is 0.219 e. The molecule has 5 heteroatoms. The SMILES string of the molecule is CNC(=O)CCCCCCCCn1ccnn1. The lowest BCUT2D eigenvalue weighted by molar-refractivity contribution is -0.120. The molecule has 0 saturated heterocycles. The molecule has 0 aromatic carbocycles. The third-order valence-corrected chi connectivity index (χ3v) is 2.79. The monoisotopic (exact) mass is 238 g/mol. The van der Waals surface area contributed by atoms with Gasteiger partial charge < -0.3 is 5.32 Å². The van der Waals surface area contributed by atoms with E-state index in [1.54, 1.807) is 13.2 Å². The Labute approximate surface area is 103 Å². The lowest BCUT2D eigenvalue weighted by atomic mass is 10.1. The van der Waals surface area contributed by atoms with E-state index < -0.39 is 0 Å². The van der Waals surface area contributed by atoms with Gasteiger partial charge in [0.25, 0.3) is 0 Å². The number of hydrogen-bond donors (Lipinski definition) is 1. The van der Waals surface area contributed by atoms with Crippen molar-refractivity contribution in [1.29, 1.82) is 0 Å². The summed E-state index contributed by atoms with van der Waals surface area (Å²) in [5.41, 5.74) is 0. The van der Waals surface area contributed by atoms with Gasteiger partial charge in [0.1, 0.15) is 0 Å². The molecule has 0 unspecified atom stereocenters. The van der Waals surface area contributed by atoms with E-state index >= 15 is 0 Å². The fourth-order valence-corrected chi connectivity index (χ4v) is 1.74. The first-order valence-corrected chi connectivity index (χ1v) is 6.37. The number of hydrogen-bond acceptors (Lipinski definition) is 3. The molecule has 1 N–H and O–H groups in total. The summed E-state index contributed by atoms with van der Waals surface area (Å²) in [6.07, 6.45) is 11.2. The van der Waals surface area contributed by atoms with E-state index in [2.05, 4.69) is 15.6 Å². The molecule has 0 aliphatic carbocycles. The summed E-state index contributed by atoms with van der Waals surface area (Å²) in [5.74, 6) is 0.149. The number of aryl methyl sites for hydroxylation is 1. The Morgan fingerprint density at radius 3 is 2.53 bits per heavy atom. The summed E-state index contributed by atoms with van der Waals surface area (Å²) in [6.45, 7) is 0.957. The van der Waals surface area contributed by atoms with Crippen molar-refractivity contribution >= 4 is 5.91 Å². The van der Waals surface area contributed by atoms with E-state index in [4.69, 9.17) is 0 Å². The van der Waals surface area contributed by atoms with Gasteiger partial charge in [-0.3, -0.25) is 9.48 Å². The van der Waals surface area contributed by atoms with Crippen LogP contribution in [0.5, 0.6) is 0 Å². The molecule has 0 spiro atoms. The van der Waals surface area contributed by atoms with Gasteiger partial charge in [0.05, 0.1) is 6.20 Å². The number of carbonyl (C=O) groups excluding carboxylic acids is 1. The van der Waals surface area contributed by atoms with E-state index in [-0.39, 0.29) is 5.91 Å². The number of unbranched alkanes of at least 4 members (excludes halogenated alkanes) is 5. The molecule has 96 valence electrons. The third kappa shape index (κ3) is 6.71. The summed E-state index contributed by atoms with van der Waals surface area (Å²) >= 11 is 0. The van der Waals surface area contributed by atoms with E-state index in [0.717, 1.165) is 25.8 Å². The molecule has 0 radical (unpaired) electrons. The van der Waals surface area contributed by atoms with Crippen LogP contribution < -0.4 is 5.32 Å². The van der Waals surface area contributed by atoms with Crippen LogP contribution in [-0.2, 0) is 11.3 Å². The highest BCUT2D eigenvalue weighted by Crippen LogP contribution is 2.07. The normalized spacial score (nSPS) is 10.4. The van der Waals surface area contributed by atoms with Crippen molar-refractivity contribution in [3.8, 4) is 0 Å². The van der Waals surface area contributed by atoms with Crippen molar-refractivity contribution in [2.24, 2.45) is 0 Å². The zero-order valence-corrected chi connectivity index (χ0v) is 10.6. The van der Waals surface area contributed by atoms with Crippen molar-refractivity contribution in [3.05, 3.63) is 12.4 Å². The molecule has 1 aromatic heterocycles. The van der Waals surface area contributed by atoms with Gasteiger partial charge in [-0.25, -0.2) is 0 Å². The van der Waals surface area contributed by atoms with E-state index in [1.807, 2.05) is 10.9 Å². The average Bonchev–Trinajstić information content (AvgIpc) is 2.85. The van der Waals surface area contributed by atoms with Crippen LogP contribution in [0.4, 0.5) is 0 Å². The second-order valence-electron chi connectivity index (χ2n) is 4.21. The van der Waals surface area contributed by atoms with Gasteiger partial charge in [-0.1, -0.05) is 30.9 Å². The lowest BCUT2D eigenvalue weighted by Crippen LogP contribution is -2.16. The minimum atomic E-state index is 0.149. The number of nitrogens with zero attached hydrogens (tertiary/aromatic N) is 3. The topological polar surface area (TPSA) is 59.8 Å². The molecule has 0 saturated carbocycles. The Hall–Kier alpha value is -1.39. The summed E-state index contributed by atoms with van der Waals surface area (Å²) in [4.78, 5) is 11.0. The third-order valence-electron chi connectivity index (χ3n) is 2.79. The Kier molecular flexibility index (Phi) is 7.02. The number of nitrogens with one attached hydrogen (secondary N) is 1. The molecule has 1 rings (SSSR count). The van der Waals surface area contributed by atoms with Crippen molar-refractivity contribution in [3.63, 3.8) is 0 Å². The zero-order chi connectivity index (χ0) is 12.3. The van der Waals surface area contributed by atoms with Gasteiger partial charge in [-0.2, -0.15) is 0 Å². The summed E-state index contributed by atoms with van der Waals surface area (Å²) in [5, 5.41) is 10.3. The van der Waals surface area contributed by atoms with E-state index in [9.17, 15) is 4.79 Å². The largest absolute Gasteiger partial charge is 0.359 e. The first kappa shape index (κ1) is 13.7. The second-order valence-corrected chi connectivity index (χ2v) is 4.21. The second kappa shape index (κ2) is 8.73. The van der Waals surface area contributed by atoms with Crippen molar-refractivity contribution < 1.29 is 4.79 Å². The molecular weight excluding hydrogens is 216 g/mol. The number of amides is 1. The minimum Gasteiger partial charge on any atom is -0.359 e. The Morgan fingerprint density at radius 1 is 1.18 bits per heavy atom. The highest BCUT2D eigenvalue weighted by Gasteiger charge is 1.97. The van der Waals surface area contributed by atoms with Crippen LogP contribution in [0.1, 0.15) is 44.9 Å². The smallest absolute Gasteiger partial charge is 0.219 e. The lowest BCUT2D eigenvalue weighted by Gasteiger charge is -2.02. The van der Waals surface area contributed by atoms with Crippen molar-refractivity contribution in [1.82, 2.24) is 20.3 Å². The van der Waals surface area contributed by atoms with Crippen LogP contribution in [0.3, 0.4) is 0 Å². The van der Waals surface area contributed by atoms with Gasteiger partial charge >= 0.3 is 0 Å². The molecule has 0 bridgehead atoms. The molecule has 0 aliphatic heterocycles. The summed E-state index contributed by atoms with van der Waals surface area (Å²) in [6, 6.07) is 0. The average molecular weight is 238 g/mol. The van der Waals surface area contributed by atoms with Crippen molar-refractivity contribution in [2.45, 2.75) is 51.5 Å². The maximum absolute atomic E-state index is 11.0. The Balaban J connectivity index is 1.83. The van der Waals surface area contributed by atoms with Gasteiger partial charge in [-0.15, -0.1) is 5.10 Å². The van der Waals surface area contributed by atoms with Gasteiger partial charge in [0.2, 0.25) is 5.91 Å². The molecule has 1 aromatic rings. The molecule has 0 atom stereocenters. The predicted molar refractivity (Wildman–Crippen MR) is 66.4 cm³/mol. The number of aromatic nitrogens is 3. The van der Waals surface area contributed by atoms with Gasteiger partial charge in [0, 0.05) is 26.2 Å². The maximum atomic E-state index is 11.0. The number of rotatable bonds is 9. The molecule has 1 amide bonds. The van der Waals surface area contributed by atoms with Crippen LogP contribution in [0.15, 0.2) is 12.4 Å². The first-order chi connectivity index (χ1) is 8.33. The fourth-order valence-electron chi connectivity index (χ4n) is 1.74. The Bertz CT molecular complexity index is 297. The van der Waals surface area contributed by atoms with Gasteiger partial charge in [0.15, 0.2) is 0 Å². The molecule has 0 aliphatic rings. The molecule has 5 nitrogen and oxygen atoms in total. The Morgan fingerprint density at radius 2 is 1.88 bits per heavy atom. The molecule has 0 fully saturated rings. The van der Waals surface area contributed by atoms with Crippen LogP contribution in [0.25, 0.3) is 0 Å². The highest BCUT2D eigenvalue weighted by atomic mass is 16.1. The summed E-state index contributed by atoms with van der Waals surface area (Å²) in [7, 11) is 1.69. The molecule has 1 heterocycles. The van der Waals surface area contributed by atoms with Crippen LogP contribution in [0.2, 0.25) is 0 Å². The van der Waals surface area contributed by atoms with Gasteiger partial charge in [-0.05, 0) is 12.8 Å². The fraction of sp³-hybridized carbons (Fsp3) is 0.750. The molecular formula is C12H22N4O. The van der Waals surface area contributed by atoms with Crippen LogP contribution in [0, 0.1) is 0 Å². The quantitative estimate of drug-likeness (QED) is 0.667. The molecule has 17 heavy (non-hydrogen) atoms. The van der Waals surface area contributed by atoms with Crippen molar-refractivity contribution in [2.75, 3.05) is 7.05 Å². The zero-order valence-electron chi connectivity index (χ0n) is 10.6. The van der Waals surface area contributed by atoms with E-state index in [0.29, 0.717) is 6.42 Å². The summed E-state index contributed by atoms with van der Waals surface area (Å²) < 4.78 is 1.87. The highest BCUT2D eigenvalue weighted by molar-refractivity contribution is 5.75. The predicted octanol–water partition coefficient (Wildman–Crippen LogP) is 1.75. The standard InChI is InChI=1S/C12H22N4O/c1-13-12(17)8-6-4-2-3-5-7-10-16-11-9-14-15-16/h9,11H,2-8,10H2,1H3,(H,13,17). The minimum absolute atomic E-state index is 0.149. The van der Waals surface area contributed by atoms with Crippen LogP contribution in [-0.4, -0.2) is 27.9 Å². The van der Waals surface area contributed by atoms with Crippen LogP contribution >= 0.6 is 0 Å². The first-order valence-electron chi connectivity index (χ1n) is 6.37.